The largest absolute Gasteiger partial charge is 0.455 e. The van der Waals surface area contributed by atoms with Gasteiger partial charge < -0.3 is 4.74 Å². The Bertz CT molecular complexity index is 584. The lowest BCUT2D eigenvalue weighted by Gasteiger charge is -2.11. The van der Waals surface area contributed by atoms with E-state index in [0.29, 0.717) is 24.3 Å². The molecule has 0 aromatic heterocycles. The summed E-state index contributed by atoms with van der Waals surface area (Å²) in [6.45, 7) is 0. The van der Waals surface area contributed by atoms with Crippen LogP contribution in [0.1, 0.15) is 0 Å². The first-order chi connectivity index (χ1) is 8.51. The molecule has 0 aliphatic carbocycles. The van der Waals surface area contributed by atoms with Crippen molar-refractivity contribution >= 4 is 10.1 Å². The van der Waals surface area contributed by atoms with Gasteiger partial charge in [0.1, 0.15) is 5.75 Å². The Morgan fingerprint density at radius 1 is 1.11 bits per heavy atom. The van der Waals surface area contributed by atoms with Gasteiger partial charge >= 0.3 is 12.3 Å². The van der Waals surface area contributed by atoms with Crippen molar-refractivity contribution in [1.29, 1.82) is 0 Å². The summed E-state index contributed by atoms with van der Waals surface area (Å²) in [6.07, 6.45) is -8.45. The summed E-state index contributed by atoms with van der Waals surface area (Å²) in [7, 11) is -4.53. The van der Waals surface area contributed by atoms with Crippen molar-refractivity contribution < 1.29 is 39.7 Å². The fourth-order valence-electron chi connectivity index (χ4n) is 1.00. The summed E-state index contributed by atoms with van der Waals surface area (Å²) in [5.41, 5.74) is 0. The summed E-state index contributed by atoms with van der Waals surface area (Å²) in [4.78, 5) is -0.613. The third kappa shape index (κ3) is 4.17. The number of hydrogen-bond donors (Lipinski definition) is 1. The van der Waals surface area contributed by atoms with Crippen molar-refractivity contribution in [2.45, 2.75) is 11.1 Å². The number of alkyl halides is 3. The molecule has 1 aromatic carbocycles. The third-order valence-electron chi connectivity index (χ3n) is 1.77. The maximum absolute atomic E-state index is 12.1. The SMILES string of the molecule is O=S(=O)(O)c1ccc(OC(=C(F)F)C(F)(F)F)cc1. The highest BCUT2D eigenvalue weighted by Crippen LogP contribution is 2.32. The number of benzene rings is 1. The fourth-order valence-corrected chi connectivity index (χ4v) is 1.48. The number of halogens is 5. The van der Waals surface area contributed by atoms with Gasteiger partial charge in [0.25, 0.3) is 15.9 Å². The molecule has 0 atom stereocenters. The van der Waals surface area contributed by atoms with Gasteiger partial charge in [0.15, 0.2) is 0 Å². The second kappa shape index (κ2) is 5.13. The predicted molar refractivity (Wildman–Crippen MR) is 52.2 cm³/mol. The zero-order valence-electron chi connectivity index (χ0n) is 8.78. The van der Waals surface area contributed by atoms with Crippen LogP contribution < -0.4 is 4.74 Å². The second-order valence-electron chi connectivity index (χ2n) is 3.14. The number of ether oxygens (including phenoxy) is 1. The zero-order chi connectivity index (χ0) is 14.8. The van der Waals surface area contributed by atoms with Gasteiger partial charge in [0.05, 0.1) is 4.90 Å². The minimum Gasteiger partial charge on any atom is -0.447 e. The molecule has 4 nitrogen and oxygen atoms in total. The molecule has 0 fully saturated rings. The van der Waals surface area contributed by atoms with E-state index >= 15 is 0 Å². The number of hydrogen-bond acceptors (Lipinski definition) is 3. The summed E-state index contributed by atoms with van der Waals surface area (Å²) < 4.78 is 94.3. The highest BCUT2D eigenvalue weighted by Gasteiger charge is 2.40. The molecule has 0 heterocycles. The summed E-state index contributed by atoms with van der Waals surface area (Å²) in [5.74, 6) is -3.15. The maximum atomic E-state index is 12.1. The quantitative estimate of drug-likeness (QED) is 0.530. The standard InChI is InChI=1S/C9H5F5O4S/c10-8(11)7(9(12,13)14)18-5-1-3-6(4-2-5)19(15,16)17/h1-4H,(H,15,16,17). The van der Waals surface area contributed by atoms with Crippen LogP contribution in [-0.2, 0) is 10.1 Å². The molecule has 0 unspecified atom stereocenters. The zero-order valence-corrected chi connectivity index (χ0v) is 9.60. The molecule has 1 rings (SSSR count). The Kier molecular flexibility index (Phi) is 4.15. The molecule has 1 aromatic rings. The number of allylic oxidation sites excluding steroid dienone is 1. The molecule has 0 radical (unpaired) electrons. The Labute approximate surface area is 103 Å². The van der Waals surface area contributed by atoms with Crippen LogP contribution >= 0.6 is 0 Å². The minimum absolute atomic E-state index is 0.613. The predicted octanol–water partition coefficient (Wildman–Crippen LogP) is 2.98. The summed E-state index contributed by atoms with van der Waals surface area (Å²) in [5, 5.41) is 0. The van der Waals surface area contributed by atoms with Crippen LogP contribution in [0.2, 0.25) is 0 Å². The molecular weight excluding hydrogens is 299 g/mol. The lowest BCUT2D eigenvalue weighted by molar-refractivity contribution is -0.121. The fraction of sp³-hybridized carbons (Fsp3) is 0.111. The van der Waals surface area contributed by atoms with Gasteiger partial charge in [-0.3, -0.25) is 4.55 Å². The normalized spacial score (nSPS) is 12.1. The molecule has 0 aliphatic heterocycles. The molecule has 0 saturated heterocycles. The van der Waals surface area contributed by atoms with Crippen LogP contribution in [0, 0.1) is 0 Å². The Hall–Kier alpha value is -1.68. The van der Waals surface area contributed by atoms with E-state index in [1.165, 1.54) is 0 Å². The molecular formula is C9H5F5O4S. The van der Waals surface area contributed by atoms with Crippen LogP contribution in [0.25, 0.3) is 0 Å². The molecule has 0 amide bonds. The van der Waals surface area contributed by atoms with Crippen LogP contribution in [0.5, 0.6) is 5.75 Å². The van der Waals surface area contributed by atoms with Gasteiger partial charge in [-0.05, 0) is 24.3 Å². The van der Waals surface area contributed by atoms with Crippen molar-refractivity contribution in [2.24, 2.45) is 0 Å². The maximum Gasteiger partial charge on any atom is 0.455 e. The first-order valence-corrected chi connectivity index (χ1v) is 5.83. The van der Waals surface area contributed by atoms with E-state index < -0.39 is 38.8 Å². The average molecular weight is 304 g/mol. The van der Waals surface area contributed by atoms with Crippen molar-refractivity contribution in [3.05, 3.63) is 36.1 Å². The van der Waals surface area contributed by atoms with Gasteiger partial charge in [-0.15, -0.1) is 0 Å². The van der Waals surface area contributed by atoms with Crippen LogP contribution in [-0.4, -0.2) is 19.1 Å². The summed E-state index contributed by atoms with van der Waals surface area (Å²) in [6, 6.07) is 2.79. The van der Waals surface area contributed by atoms with E-state index in [2.05, 4.69) is 4.74 Å². The molecule has 10 heteroatoms. The van der Waals surface area contributed by atoms with Gasteiger partial charge in [0.2, 0.25) is 0 Å². The van der Waals surface area contributed by atoms with E-state index in [-0.39, 0.29) is 0 Å². The minimum atomic E-state index is -5.39. The highest BCUT2D eigenvalue weighted by atomic mass is 32.2. The Morgan fingerprint density at radius 3 is 1.89 bits per heavy atom. The van der Waals surface area contributed by atoms with Gasteiger partial charge in [-0.1, -0.05) is 0 Å². The van der Waals surface area contributed by atoms with E-state index in [0.717, 1.165) is 0 Å². The van der Waals surface area contributed by atoms with E-state index in [1.807, 2.05) is 0 Å². The molecule has 106 valence electrons. The number of rotatable bonds is 3. The van der Waals surface area contributed by atoms with Gasteiger partial charge in [-0.25, -0.2) is 0 Å². The van der Waals surface area contributed by atoms with Crippen LogP contribution in [0.3, 0.4) is 0 Å². The van der Waals surface area contributed by atoms with Crippen molar-refractivity contribution in [3.63, 3.8) is 0 Å². The smallest absolute Gasteiger partial charge is 0.447 e. The molecule has 0 aliphatic rings. The van der Waals surface area contributed by atoms with Crippen molar-refractivity contribution in [1.82, 2.24) is 0 Å². The van der Waals surface area contributed by atoms with Crippen LogP contribution in [0.4, 0.5) is 22.0 Å². The molecule has 0 spiro atoms. The second-order valence-corrected chi connectivity index (χ2v) is 4.56. The first-order valence-electron chi connectivity index (χ1n) is 4.39. The van der Waals surface area contributed by atoms with E-state index in [4.69, 9.17) is 4.55 Å². The first kappa shape index (κ1) is 15.4. The van der Waals surface area contributed by atoms with Gasteiger partial charge in [0, 0.05) is 0 Å². The van der Waals surface area contributed by atoms with E-state index in [1.54, 1.807) is 0 Å². The monoisotopic (exact) mass is 304 g/mol. The third-order valence-corrected chi connectivity index (χ3v) is 2.64. The van der Waals surface area contributed by atoms with E-state index in [9.17, 15) is 30.4 Å². The van der Waals surface area contributed by atoms with Crippen molar-refractivity contribution in [3.8, 4) is 5.75 Å². The van der Waals surface area contributed by atoms with Crippen molar-refractivity contribution in [2.75, 3.05) is 0 Å². The molecule has 1 N–H and O–H groups in total. The topological polar surface area (TPSA) is 63.6 Å². The van der Waals surface area contributed by atoms with Gasteiger partial charge in [-0.2, -0.15) is 30.4 Å². The van der Waals surface area contributed by atoms with Crippen LogP contribution in [0.15, 0.2) is 41.0 Å². The Balaban J connectivity index is 3.05. The lowest BCUT2D eigenvalue weighted by Crippen LogP contribution is -2.18. The Morgan fingerprint density at radius 2 is 1.58 bits per heavy atom. The molecule has 19 heavy (non-hydrogen) atoms. The molecule has 0 saturated carbocycles. The molecule has 0 bridgehead atoms. The average Bonchev–Trinajstić information content (AvgIpc) is 2.23. The lowest BCUT2D eigenvalue weighted by atomic mass is 10.3. The summed E-state index contributed by atoms with van der Waals surface area (Å²) >= 11 is 0. The highest BCUT2D eigenvalue weighted by molar-refractivity contribution is 7.85.